The predicted molar refractivity (Wildman–Crippen MR) is 79.3 cm³/mol. The van der Waals surface area contributed by atoms with Crippen molar-refractivity contribution in [2.24, 2.45) is 0 Å². The van der Waals surface area contributed by atoms with E-state index in [2.05, 4.69) is 5.32 Å². The van der Waals surface area contributed by atoms with Crippen molar-refractivity contribution < 1.29 is 8.78 Å². The molecule has 1 aromatic carbocycles. The molecule has 1 N–H and O–H groups in total. The van der Waals surface area contributed by atoms with Crippen molar-refractivity contribution in [3.8, 4) is 0 Å². The monoisotopic (exact) mass is 342 g/mol. The number of nitrogens with one attached hydrogen (secondary N) is 1. The van der Waals surface area contributed by atoms with Gasteiger partial charge in [-0.05, 0) is 12.1 Å². The third-order valence-corrected chi connectivity index (χ3v) is 4.55. The van der Waals surface area contributed by atoms with Crippen LogP contribution in [0.2, 0.25) is 15.1 Å². The van der Waals surface area contributed by atoms with Crippen LogP contribution in [0.1, 0.15) is 18.0 Å². The van der Waals surface area contributed by atoms with Crippen molar-refractivity contribution in [1.82, 2.24) is 10.2 Å². The number of rotatable bonds is 4. The molecule has 0 radical (unpaired) electrons. The van der Waals surface area contributed by atoms with Crippen LogP contribution in [0.15, 0.2) is 12.1 Å². The average molecular weight is 344 g/mol. The van der Waals surface area contributed by atoms with Crippen LogP contribution >= 0.6 is 34.8 Å². The van der Waals surface area contributed by atoms with E-state index in [1.165, 1.54) is 0 Å². The van der Waals surface area contributed by atoms with Gasteiger partial charge in [-0.1, -0.05) is 34.8 Å². The zero-order valence-corrected chi connectivity index (χ0v) is 12.9. The van der Waals surface area contributed by atoms with E-state index in [0.717, 1.165) is 13.1 Å². The molecule has 1 aromatic rings. The number of nitrogens with zero attached hydrogens (tertiary/aromatic N) is 1. The summed E-state index contributed by atoms with van der Waals surface area (Å²) < 4.78 is 25.9. The molecule has 0 saturated carbocycles. The minimum Gasteiger partial charge on any atom is -0.314 e. The summed E-state index contributed by atoms with van der Waals surface area (Å²) in [4.78, 5) is 1.98. The smallest absolute Gasteiger partial charge is 0.240 e. The van der Waals surface area contributed by atoms with Crippen LogP contribution in [-0.4, -0.2) is 37.5 Å². The van der Waals surface area contributed by atoms with Crippen molar-refractivity contribution >= 4 is 34.8 Å². The SMILES string of the molecule is FC(F)C[C@H](c1c(Cl)ccc(Cl)c1Cl)N1CCNCC1. The number of halogens is 5. The van der Waals surface area contributed by atoms with Crippen molar-refractivity contribution in [3.63, 3.8) is 0 Å². The molecule has 7 heteroatoms. The highest BCUT2D eigenvalue weighted by atomic mass is 35.5. The maximum atomic E-state index is 12.9. The summed E-state index contributed by atoms with van der Waals surface area (Å²) >= 11 is 18.4. The lowest BCUT2D eigenvalue weighted by molar-refractivity contribution is 0.0740. The summed E-state index contributed by atoms with van der Waals surface area (Å²) in [6.45, 7) is 2.87. The maximum Gasteiger partial charge on any atom is 0.240 e. The first kappa shape index (κ1) is 16.2. The average Bonchev–Trinajstić information content (AvgIpc) is 2.43. The van der Waals surface area contributed by atoms with Crippen molar-refractivity contribution in [2.75, 3.05) is 26.2 Å². The molecule has 2 nitrogen and oxygen atoms in total. The summed E-state index contributed by atoms with van der Waals surface area (Å²) in [6.07, 6.45) is -2.74. The second-order valence-electron chi connectivity index (χ2n) is 4.69. The van der Waals surface area contributed by atoms with Gasteiger partial charge < -0.3 is 5.32 Å². The number of piperazine rings is 1. The lowest BCUT2D eigenvalue weighted by atomic mass is 10.0. The zero-order chi connectivity index (χ0) is 14.7. The van der Waals surface area contributed by atoms with Crippen LogP contribution in [-0.2, 0) is 0 Å². The fraction of sp³-hybridized carbons (Fsp3) is 0.538. The minimum absolute atomic E-state index is 0.267. The summed E-state index contributed by atoms with van der Waals surface area (Å²) in [7, 11) is 0. The van der Waals surface area contributed by atoms with E-state index in [-0.39, 0.29) is 11.4 Å². The van der Waals surface area contributed by atoms with Crippen molar-refractivity contribution in [1.29, 1.82) is 0 Å². The normalized spacial score (nSPS) is 18.5. The Morgan fingerprint density at radius 1 is 1.10 bits per heavy atom. The molecule has 20 heavy (non-hydrogen) atoms. The molecule has 2 rings (SSSR count). The molecule has 0 aliphatic carbocycles. The van der Waals surface area contributed by atoms with Gasteiger partial charge >= 0.3 is 0 Å². The number of hydrogen-bond acceptors (Lipinski definition) is 2. The molecule has 0 spiro atoms. The molecule has 0 bridgehead atoms. The van der Waals surface area contributed by atoms with E-state index in [9.17, 15) is 8.78 Å². The molecule has 1 heterocycles. The first-order chi connectivity index (χ1) is 9.50. The van der Waals surface area contributed by atoms with Gasteiger partial charge in [0.05, 0.1) is 10.0 Å². The van der Waals surface area contributed by atoms with Crippen LogP contribution in [0, 0.1) is 0 Å². The van der Waals surface area contributed by atoms with Crippen LogP contribution in [0.25, 0.3) is 0 Å². The molecule has 0 unspecified atom stereocenters. The van der Waals surface area contributed by atoms with E-state index in [1.807, 2.05) is 4.90 Å². The number of benzene rings is 1. The van der Waals surface area contributed by atoms with E-state index in [0.29, 0.717) is 28.7 Å². The van der Waals surface area contributed by atoms with Gasteiger partial charge in [-0.25, -0.2) is 8.78 Å². The Morgan fingerprint density at radius 3 is 2.30 bits per heavy atom. The Labute approximate surface area is 132 Å². The first-order valence-electron chi connectivity index (χ1n) is 6.37. The van der Waals surface area contributed by atoms with Crippen LogP contribution < -0.4 is 5.32 Å². The third kappa shape index (κ3) is 3.74. The number of alkyl halides is 2. The molecule has 0 aromatic heterocycles. The predicted octanol–water partition coefficient (Wildman–Crippen LogP) is 4.25. The summed E-state index contributed by atoms with van der Waals surface area (Å²) in [6, 6.07) is 2.66. The Morgan fingerprint density at radius 2 is 1.70 bits per heavy atom. The first-order valence-corrected chi connectivity index (χ1v) is 7.50. The van der Waals surface area contributed by atoms with Gasteiger partial charge in [-0.3, -0.25) is 4.90 Å². The molecule has 1 aliphatic heterocycles. The third-order valence-electron chi connectivity index (χ3n) is 3.41. The zero-order valence-electron chi connectivity index (χ0n) is 10.7. The summed E-state index contributed by atoms with van der Waals surface area (Å²) in [5.41, 5.74) is 0.503. The fourth-order valence-electron chi connectivity index (χ4n) is 2.46. The molecule has 1 saturated heterocycles. The van der Waals surface area contributed by atoms with E-state index >= 15 is 0 Å². The molecule has 112 valence electrons. The standard InChI is InChI=1S/C13H15Cl3F2N2/c14-8-1-2-9(15)13(16)12(8)10(7-11(17)18)20-5-3-19-4-6-20/h1-2,10-11,19H,3-7H2/t10-/m1/s1. The van der Waals surface area contributed by atoms with E-state index in [1.54, 1.807) is 12.1 Å². The minimum atomic E-state index is -2.43. The van der Waals surface area contributed by atoms with Gasteiger partial charge in [-0.15, -0.1) is 0 Å². The maximum absolute atomic E-state index is 12.9. The van der Waals surface area contributed by atoms with E-state index < -0.39 is 12.5 Å². The Bertz CT molecular complexity index is 465. The second kappa shape index (κ2) is 7.23. The lowest BCUT2D eigenvalue weighted by Crippen LogP contribution is -2.45. The van der Waals surface area contributed by atoms with Gasteiger partial charge in [0.15, 0.2) is 0 Å². The van der Waals surface area contributed by atoms with Gasteiger partial charge in [-0.2, -0.15) is 0 Å². The van der Waals surface area contributed by atoms with Crippen LogP contribution in [0.5, 0.6) is 0 Å². The Kier molecular flexibility index (Phi) is 5.87. The van der Waals surface area contributed by atoms with Crippen LogP contribution in [0.4, 0.5) is 8.78 Å². The molecular formula is C13H15Cl3F2N2. The highest BCUT2D eigenvalue weighted by Gasteiger charge is 2.29. The fourth-order valence-corrected chi connectivity index (χ4v) is 3.25. The summed E-state index contributed by atoms with van der Waals surface area (Å²) in [5, 5.41) is 4.17. The molecular weight excluding hydrogens is 329 g/mol. The highest BCUT2D eigenvalue weighted by molar-refractivity contribution is 6.44. The Hall–Kier alpha value is -0.130. The quantitative estimate of drug-likeness (QED) is 0.822. The molecule has 1 fully saturated rings. The van der Waals surface area contributed by atoms with Gasteiger partial charge in [0.1, 0.15) is 0 Å². The molecule has 1 atom stereocenters. The molecule has 1 aliphatic rings. The number of hydrogen-bond donors (Lipinski definition) is 1. The van der Waals surface area contributed by atoms with E-state index in [4.69, 9.17) is 34.8 Å². The van der Waals surface area contributed by atoms with Crippen molar-refractivity contribution in [3.05, 3.63) is 32.8 Å². The van der Waals surface area contributed by atoms with Gasteiger partial charge in [0.25, 0.3) is 0 Å². The van der Waals surface area contributed by atoms with Crippen molar-refractivity contribution in [2.45, 2.75) is 18.9 Å². The van der Waals surface area contributed by atoms with Crippen LogP contribution in [0.3, 0.4) is 0 Å². The summed E-state index contributed by atoms with van der Waals surface area (Å²) in [5.74, 6) is 0. The molecule has 0 amide bonds. The Balaban J connectivity index is 2.37. The van der Waals surface area contributed by atoms with Gasteiger partial charge in [0, 0.05) is 49.2 Å². The second-order valence-corrected chi connectivity index (χ2v) is 5.88. The highest BCUT2D eigenvalue weighted by Crippen LogP contribution is 2.40. The van der Waals surface area contributed by atoms with Gasteiger partial charge in [0.2, 0.25) is 6.43 Å². The largest absolute Gasteiger partial charge is 0.314 e. The topological polar surface area (TPSA) is 15.3 Å². The lowest BCUT2D eigenvalue weighted by Gasteiger charge is -2.36.